The topological polar surface area (TPSA) is 67.4 Å². The summed E-state index contributed by atoms with van der Waals surface area (Å²) in [7, 11) is 1.87. The Hall–Kier alpha value is -0.940. The van der Waals surface area contributed by atoms with Gasteiger partial charge in [-0.15, -0.1) is 0 Å². The van der Waals surface area contributed by atoms with Crippen LogP contribution >= 0.6 is 0 Å². The number of hydrogen-bond acceptors (Lipinski definition) is 4. The molecule has 2 N–H and O–H groups in total. The lowest BCUT2D eigenvalue weighted by atomic mass is 9.66. The molecule has 2 bridgehead atoms. The van der Waals surface area contributed by atoms with Crippen molar-refractivity contribution < 1.29 is 14.3 Å². The number of rotatable bonds is 1. The van der Waals surface area contributed by atoms with Gasteiger partial charge in [-0.2, -0.15) is 0 Å². The summed E-state index contributed by atoms with van der Waals surface area (Å²) in [6, 6.07) is 0.135. The van der Waals surface area contributed by atoms with E-state index >= 15 is 0 Å². The fraction of sp³-hybridized carbons (Fsp3) is 0.818. The zero-order valence-electron chi connectivity index (χ0n) is 9.66. The van der Waals surface area contributed by atoms with E-state index in [9.17, 15) is 9.59 Å². The lowest BCUT2D eigenvalue weighted by molar-refractivity contribution is -0.133. The fourth-order valence-electron chi connectivity index (χ4n) is 3.88. The molecule has 0 radical (unpaired) electrons. The number of amides is 2. The second-order valence-corrected chi connectivity index (χ2v) is 5.45. The molecule has 3 saturated heterocycles. The minimum atomic E-state index is -0.551. The molecule has 5 nitrogen and oxygen atoms in total. The van der Waals surface area contributed by atoms with Gasteiger partial charge in [0.05, 0.1) is 23.0 Å². The van der Waals surface area contributed by atoms with E-state index in [-0.39, 0.29) is 29.7 Å². The lowest BCUT2D eigenvalue weighted by Crippen LogP contribution is -2.54. The Morgan fingerprint density at radius 1 is 1.31 bits per heavy atom. The Balaban J connectivity index is 2.10. The van der Waals surface area contributed by atoms with Gasteiger partial charge in [0.25, 0.3) is 0 Å². The van der Waals surface area contributed by atoms with Gasteiger partial charge < -0.3 is 10.1 Å². The van der Waals surface area contributed by atoms with Crippen molar-refractivity contribution in [3.63, 3.8) is 0 Å². The molecule has 5 unspecified atom stereocenters. The SMILES string of the molecule is CNC1CC2(C)OC1(C)C1C(=O)NC(=O)C12. The van der Waals surface area contributed by atoms with Gasteiger partial charge >= 0.3 is 0 Å². The van der Waals surface area contributed by atoms with Crippen molar-refractivity contribution in [3.05, 3.63) is 0 Å². The number of nitrogens with one attached hydrogen (secondary N) is 2. The molecule has 0 spiro atoms. The van der Waals surface area contributed by atoms with Crippen LogP contribution in [0.1, 0.15) is 20.3 Å². The first-order valence-corrected chi connectivity index (χ1v) is 5.64. The fourth-order valence-corrected chi connectivity index (χ4v) is 3.88. The number of carbonyl (C=O) groups is 2. The second kappa shape index (κ2) is 2.65. The molecule has 3 aliphatic heterocycles. The molecule has 0 aromatic carbocycles. The number of fused-ring (bicyclic) bond motifs is 5. The van der Waals surface area contributed by atoms with Crippen LogP contribution in [0.5, 0.6) is 0 Å². The highest BCUT2D eigenvalue weighted by Crippen LogP contribution is 2.58. The molecule has 5 heteroatoms. The lowest BCUT2D eigenvalue weighted by Gasteiger charge is -2.35. The summed E-state index contributed by atoms with van der Waals surface area (Å²) in [6.45, 7) is 3.87. The molecule has 3 heterocycles. The van der Waals surface area contributed by atoms with E-state index in [4.69, 9.17) is 4.74 Å². The Labute approximate surface area is 93.9 Å². The highest BCUT2D eigenvalue weighted by atomic mass is 16.5. The van der Waals surface area contributed by atoms with Crippen LogP contribution in [0, 0.1) is 11.8 Å². The highest BCUT2D eigenvalue weighted by Gasteiger charge is 2.73. The van der Waals surface area contributed by atoms with Crippen molar-refractivity contribution in [3.8, 4) is 0 Å². The normalized spacial score (nSPS) is 54.3. The molecule has 0 aromatic rings. The molecule has 3 rings (SSSR count). The average molecular weight is 224 g/mol. The largest absolute Gasteiger partial charge is 0.366 e. The van der Waals surface area contributed by atoms with Crippen LogP contribution in [-0.2, 0) is 14.3 Å². The number of hydrogen-bond donors (Lipinski definition) is 2. The summed E-state index contributed by atoms with van der Waals surface area (Å²) in [5.74, 6) is -0.997. The van der Waals surface area contributed by atoms with Crippen LogP contribution in [0.4, 0.5) is 0 Å². The standard InChI is InChI=1S/C11H16N2O3/c1-10-4-5(12-3)11(2,16-10)7-6(10)8(14)13-9(7)15/h5-7,12H,4H2,1-3H3,(H,13,14,15). The van der Waals surface area contributed by atoms with Gasteiger partial charge in [0.2, 0.25) is 11.8 Å². The maximum Gasteiger partial charge on any atom is 0.233 e. The third-order valence-electron chi connectivity index (χ3n) is 4.52. The van der Waals surface area contributed by atoms with Crippen molar-refractivity contribution in [1.29, 1.82) is 0 Å². The van der Waals surface area contributed by atoms with Crippen LogP contribution in [0.25, 0.3) is 0 Å². The summed E-state index contributed by atoms with van der Waals surface area (Å²) in [5.41, 5.74) is -1.05. The first-order chi connectivity index (χ1) is 7.42. The summed E-state index contributed by atoms with van der Waals surface area (Å²) < 4.78 is 6.01. The van der Waals surface area contributed by atoms with Gasteiger partial charge in [-0.05, 0) is 27.3 Å². The Morgan fingerprint density at radius 2 is 1.94 bits per heavy atom. The van der Waals surface area contributed by atoms with Crippen molar-refractivity contribution in [2.24, 2.45) is 11.8 Å². The van der Waals surface area contributed by atoms with Gasteiger partial charge in [-0.3, -0.25) is 14.9 Å². The molecular weight excluding hydrogens is 208 g/mol. The molecule has 3 fully saturated rings. The Kier molecular flexibility index (Phi) is 1.70. The number of ether oxygens (including phenoxy) is 1. The first-order valence-electron chi connectivity index (χ1n) is 5.64. The summed E-state index contributed by atoms with van der Waals surface area (Å²) in [4.78, 5) is 23.6. The summed E-state index contributed by atoms with van der Waals surface area (Å²) in [5, 5.41) is 5.62. The minimum Gasteiger partial charge on any atom is -0.366 e. The monoisotopic (exact) mass is 224 g/mol. The van der Waals surface area contributed by atoms with Gasteiger partial charge in [0, 0.05) is 6.04 Å². The third-order valence-corrected chi connectivity index (χ3v) is 4.52. The Bertz CT molecular complexity index is 397. The van der Waals surface area contributed by atoms with Gasteiger partial charge in [-0.1, -0.05) is 0 Å². The zero-order chi connectivity index (χ0) is 11.7. The zero-order valence-corrected chi connectivity index (χ0v) is 9.66. The van der Waals surface area contributed by atoms with Crippen molar-refractivity contribution >= 4 is 11.8 Å². The predicted octanol–water partition coefficient (Wildman–Crippen LogP) is -0.585. The molecular formula is C11H16N2O3. The van der Waals surface area contributed by atoms with E-state index in [2.05, 4.69) is 10.6 Å². The predicted molar refractivity (Wildman–Crippen MR) is 55.5 cm³/mol. The maximum absolute atomic E-state index is 11.8. The molecule has 0 saturated carbocycles. The van der Waals surface area contributed by atoms with E-state index in [1.165, 1.54) is 0 Å². The molecule has 88 valence electrons. The molecule has 3 aliphatic rings. The minimum absolute atomic E-state index is 0.135. The van der Waals surface area contributed by atoms with Crippen molar-refractivity contribution in [2.75, 3.05) is 7.05 Å². The van der Waals surface area contributed by atoms with E-state index in [0.717, 1.165) is 6.42 Å². The van der Waals surface area contributed by atoms with Crippen LogP contribution in [-0.4, -0.2) is 36.1 Å². The molecule has 0 aliphatic carbocycles. The highest BCUT2D eigenvalue weighted by molar-refractivity contribution is 6.07. The van der Waals surface area contributed by atoms with Gasteiger partial charge in [0.15, 0.2) is 0 Å². The molecule has 5 atom stereocenters. The first kappa shape index (κ1) is 10.2. The van der Waals surface area contributed by atoms with E-state index in [0.29, 0.717) is 0 Å². The number of imide groups is 1. The smallest absolute Gasteiger partial charge is 0.233 e. The van der Waals surface area contributed by atoms with Crippen molar-refractivity contribution in [2.45, 2.75) is 37.5 Å². The quantitative estimate of drug-likeness (QED) is 0.584. The summed E-state index contributed by atoms with van der Waals surface area (Å²) >= 11 is 0. The number of carbonyl (C=O) groups excluding carboxylic acids is 2. The Morgan fingerprint density at radius 3 is 2.56 bits per heavy atom. The maximum atomic E-state index is 11.8. The van der Waals surface area contributed by atoms with E-state index in [1.54, 1.807) is 0 Å². The van der Waals surface area contributed by atoms with Gasteiger partial charge in [0.1, 0.15) is 0 Å². The third kappa shape index (κ3) is 0.895. The van der Waals surface area contributed by atoms with E-state index < -0.39 is 11.2 Å². The van der Waals surface area contributed by atoms with E-state index in [1.807, 2.05) is 20.9 Å². The van der Waals surface area contributed by atoms with Crippen LogP contribution in [0.3, 0.4) is 0 Å². The summed E-state index contributed by atoms with van der Waals surface area (Å²) in [6.07, 6.45) is 0.780. The molecule has 2 amide bonds. The second-order valence-electron chi connectivity index (χ2n) is 5.45. The molecule has 0 aromatic heterocycles. The van der Waals surface area contributed by atoms with Gasteiger partial charge in [-0.25, -0.2) is 0 Å². The van der Waals surface area contributed by atoms with Crippen molar-refractivity contribution in [1.82, 2.24) is 10.6 Å². The average Bonchev–Trinajstić information content (AvgIpc) is 2.71. The van der Waals surface area contributed by atoms with Crippen LogP contribution in [0.2, 0.25) is 0 Å². The number of likely N-dealkylation sites (N-methyl/N-ethyl adjacent to an activating group) is 1. The van der Waals surface area contributed by atoms with Crippen LogP contribution < -0.4 is 10.6 Å². The molecule has 16 heavy (non-hydrogen) atoms. The van der Waals surface area contributed by atoms with Crippen LogP contribution in [0.15, 0.2) is 0 Å².